The molecule has 6 nitrogen and oxygen atoms in total. The van der Waals surface area contributed by atoms with Gasteiger partial charge in [0.1, 0.15) is 17.0 Å². The van der Waals surface area contributed by atoms with Crippen molar-refractivity contribution in [2.45, 2.75) is 26.3 Å². The fraction of sp³-hybridized carbons (Fsp3) is 0.278. The van der Waals surface area contributed by atoms with Gasteiger partial charge in [-0.15, -0.1) is 0 Å². The van der Waals surface area contributed by atoms with Crippen LogP contribution in [0.1, 0.15) is 42.4 Å². The van der Waals surface area contributed by atoms with Crippen molar-refractivity contribution in [1.29, 1.82) is 0 Å². The average molecular weight is 324 g/mol. The summed E-state index contributed by atoms with van der Waals surface area (Å²) in [5, 5.41) is 20.9. The Labute approximate surface area is 139 Å². The number of rotatable bonds is 5. The summed E-state index contributed by atoms with van der Waals surface area (Å²) in [7, 11) is 0. The number of phenolic OH excluding ortho intramolecular Hbond substituents is 1. The molecular weight excluding hydrogens is 304 g/mol. The van der Waals surface area contributed by atoms with Gasteiger partial charge in [-0.05, 0) is 24.5 Å². The lowest BCUT2D eigenvalue weighted by atomic mass is 9.95. The first kappa shape index (κ1) is 16.0. The molecule has 0 aliphatic carbocycles. The molecule has 1 unspecified atom stereocenters. The van der Waals surface area contributed by atoms with Crippen LogP contribution in [-0.2, 0) is 0 Å². The SMILES string of the molecule is CC(C)CC(NC(=O)c1ccn[nH]1)c1ccc2cccnc2c1O. The normalized spacial score (nSPS) is 12.5. The highest BCUT2D eigenvalue weighted by Crippen LogP contribution is 2.34. The lowest BCUT2D eigenvalue weighted by Crippen LogP contribution is -2.30. The molecule has 0 radical (unpaired) electrons. The van der Waals surface area contributed by atoms with Crippen LogP contribution in [0.15, 0.2) is 42.7 Å². The van der Waals surface area contributed by atoms with E-state index in [1.54, 1.807) is 12.3 Å². The molecule has 0 saturated carbocycles. The van der Waals surface area contributed by atoms with E-state index in [1.807, 2.05) is 24.3 Å². The number of nitrogens with zero attached hydrogens (tertiary/aromatic N) is 2. The third kappa shape index (κ3) is 3.22. The van der Waals surface area contributed by atoms with Crippen LogP contribution in [0.2, 0.25) is 0 Å². The minimum Gasteiger partial charge on any atom is -0.505 e. The van der Waals surface area contributed by atoms with Crippen LogP contribution in [0, 0.1) is 5.92 Å². The number of carbonyl (C=O) groups excluding carboxylic acids is 1. The maximum absolute atomic E-state index is 12.4. The Bertz CT molecular complexity index is 843. The number of aromatic hydroxyl groups is 1. The van der Waals surface area contributed by atoms with Crippen molar-refractivity contribution >= 4 is 16.8 Å². The van der Waals surface area contributed by atoms with Gasteiger partial charge in [-0.3, -0.25) is 14.9 Å². The molecule has 2 heterocycles. The second-order valence-electron chi connectivity index (χ2n) is 6.20. The van der Waals surface area contributed by atoms with Crippen molar-refractivity contribution < 1.29 is 9.90 Å². The largest absolute Gasteiger partial charge is 0.505 e. The number of H-pyrrole nitrogens is 1. The number of aromatic nitrogens is 3. The van der Waals surface area contributed by atoms with Crippen LogP contribution in [-0.4, -0.2) is 26.2 Å². The van der Waals surface area contributed by atoms with Gasteiger partial charge in [0, 0.05) is 23.3 Å². The molecular formula is C18H20N4O2. The van der Waals surface area contributed by atoms with E-state index in [-0.39, 0.29) is 17.7 Å². The van der Waals surface area contributed by atoms with Crippen LogP contribution in [0.3, 0.4) is 0 Å². The van der Waals surface area contributed by atoms with E-state index in [4.69, 9.17) is 0 Å². The number of hydrogen-bond acceptors (Lipinski definition) is 4. The lowest BCUT2D eigenvalue weighted by molar-refractivity contribution is 0.0926. The smallest absolute Gasteiger partial charge is 0.269 e. The molecule has 0 fully saturated rings. The summed E-state index contributed by atoms with van der Waals surface area (Å²) in [4.78, 5) is 16.6. The van der Waals surface area contributed by atoms with E-state index >= 15 is 0 Å². The number of nitrogens with one attached hydrogen (secondary N) is 2. The lowest BCUT2D eigenvalue weighted by Gasteiger charge is -2.22. The van der Waals surface area contributed by atoms with Gasteiger partial charge in [-0.1, -0.05) is 32.0 Å². The number of carbonyl (C=O) groups is 1. The van der Waals surface area contributed by atoms with E-state index in [2.05, 4.69) is 34.3 Å². The number of fused-ring (bicyclic) bond motifs is 1. The second-order valence-corrected chi connectivity index (χ2v) is 6.20. The predicted octanol–water partition coefficient (Wildman–Crippen LogP) is 3.18. The molecule has 3 aromatic rings. The zero-order valence-electron chi connectivity index (χ0n) is 13.7. The van der Waals surface area contributed by atoms with Crippen molar-refractivity contribution in [1.82, 2.24) is 20.5 Å². The van der Waals surface area contributed by atoms with Crippen molar-refractivity contribution in [3.05, 3.63) is 54.0 Å². The minimum absolute atomic E-state index is 0.115. The summed E-state index contributed by atoms with van der Waals surface area (Å²) in [5.74, 6) is 0.207. The zero-order chi connectivity index (χ0) is 17.1. The summed E-state index contributed by atoms with van der Waals surface area (Å²) < 4.78 is 0. The van der Waals surface area contributed by atoms with Gasteiger partial charge in [-0.2, -0.15) is 5.10 Å². The number of pyridine rings is 1. The highest BCUT2D eigenvalue weighted by molar-refractivity contribution is 5.92. The number of phenols is 1. The van der Waals surface area contributed by atoms with Crippen LogP contribution in [0.5, 0.6) is 5.75 Å². The Morgan fingerprint density at radius 3 is 2.79 bits per heavy atom. The molecule has 124 valence electrons. The van der Waals surface area contributed by atoms with E-state index < -0.39 is 0 Å². The Balaban J connectivity index is 1.96. The standard InChI is InChI=1S/C18H20N4O2/c1-11(2)10-15(21-18(24)14-7-9-20-22-14)13-6-5-12-4-3-8-19-16(12)17(13)23/h3-9,11,15,23H,10H2,1-2H3,(H,20,22)(H,21,24). The molecule has 6 heteroatoms. The molecule has 3 rings (SSSR count). The summed E-state index contributed by atoms with van der Waals surface area (Å²) in [6, 6.07) is 8.78. The van der Waals surface area contributed by atoms with Gasteiger partial charge in [0.25, 0.3) is 5.91 Å². The fourth-order valence-corrected chi connectivity index (χ4v) is 2.78. The van der Waals surface area contributed by atoms with Gasteiger partial charge in [0.15, 0.2) is 0 Å². The molecule has 1 amide bonds. The van der Waals surface area contributed by atoms with E-state index in [1.165, 1.54) is 6.20 Å². The van der Waals surface area contributed by atoms with Crippen LogP contribution in [0.25, 0.3) is 10.9 Å². The minimum atomic E-state index is -0.313. The fourth-order valence-electron chi connectivity index (χ4n) is 2.78. The molecule has 0 spiro atoms. The van der Waals surface area contributed by atoms with E-state index in [0.29, 0.717) is 29.1 Å². The number of hydrogen-bond donors (Lipinski definition) is 3. The Morgan fingerprint density at radius 2 is 2.08 bits per heavy atom. The maximum atomic E-state index is 12.4. The first-order valence-electron chi connectivity index (χ1n) is 7.93. The predicted molar refractivity (Wildman–Crippen MR) is 91.7 cm³/mol. The van der Waals surface area contributed by atoms with Crippen molar-refractivity contribution in [2.24, 2.45) is 5.92 Å². The molecule has 0 aliphatic heterocycles. The van der Waals surface area contributed by atoms with Crippen LogP contribution >= 0.6 is 0 Å². The van der Waals surface area contributed by atoms with Crippen molar-refractivity contribution in [2.75, 3.05) is 0 Å². The summed E-state index contributed by atoms with van der Waals surface area (Å²) >= 11 is 0. The van der Waals surface area contributed by atoms with Gasteiger partial charge < -0.3 is 10.4 Å². The third-order valence-electron chi connectivity index (χ3n) is 3.91. The molecule has 1 aromatic carbocycles. The van der Waals surface area contributed by atoms with Gasteiger partial charge in [0.2, 0.25) is 0 Å². The second kappa shape index (κ2) is 6.70. The van der Waals surface area contributed by atoms with Gasteiger partial charge >= 0.3 is 0 Å². The third-order valence-corrected chi connectivity index (χ3v) is 3.91. The summed E-state index contributed by atoms with van der Waals surface area (Å²) in [6.45, 7) is 4.15. The Hall–Kier alpha value is -2.89. The molecule has 2 aromatic heterocycles. The highest BCUT2D eigenvalue weighted by atomic mass is 16.3. The molecule has 24 heavy (non-hydrogen) atoms. The van der Waals surface area contributed by atoms with Crippen LogP contribution in [0.4, 0.5) is 0 Å². The first-order valence-corrected chi connectivity index (χ1v) is 7.93. The topological polar surface area (TPSA) is 90.9 Å². The molecule has 0 bridgehead atoms. The molecule has 0 aliphatic rings. The molecule has 0 saturated heterocycles. The van der Waals surface area contributed by atoms with Crippen molar-refractivity contribution in [3.63, 3.8) is 0 Å². The van der Waals surface area contributed by atoms with Crippen molar-refractivity contribution in [3.8, 4) is 5.75 Å². The van der Waals surface area contributed by atoms with Gasteiger partial charge in [0.05, 0.1) is 6.04 Å². The highest BCUT2D eigenvalue weighted by Gasteiger charge is 2.22. The van der Waals surface area contributed by atoms with Gasteiger partial charge in [-0.25, -0.2) is 0 Å². The molecule has 3 N–H and O–H groups in total. The Morgan fingerprint density at radius 1 is 1.25 bits per heavy atom. The number of aromatic amines is 1. The number of benzene rings is 1. The average Bonchev–Trinajstić information content (AvgIpc) is 3.09. The van der Waals surface area contributed by atoms with E-state index in [0.717, 1.165) is 5.39 Å². The maximum Gasteiger partial charge on any atom is 0.269 e. The first-order chi connectivity index (χ1) is 11.6. The quantitative estimate of drug-likeness (QED) is 0.672. The van der Waals surface area contributed by atoms with E-state index in [9.17, 15) is 9.90 Å². The van der Waals surface area contributed by atoms with Crippen LogP contribution < -0.4 is 5.32 Å². The number of amides is 1. The zero-order valence-corrected chi connectivity index (χ0v) is 13.7. The monoisotopic (exact) mass is 324 g/mol. The molecule has 1 atom stereocenters. The Kier molecular flexibility index (Phi) is 4.46. The summed E-state index contributed by atoms with van der Waals surface area (Å²) in [6.07, 6.45) is 3.88. The summed E-state index contributed by atoms with van der Waals surface area (Å²) in [5.41, 5.74) is 1.60.